The second-order valence-electron chi connectivity index (χ2n) is 14.5. The van der Waals surface area contributed by atoms with Crippen LogP contribution in [0.1, 0.15) is 11.1 Å². The van der Waals surface area contributed by atoms with E-state index in [9.17, 15) is 0 Å². The molecule has 1 nitrogen and oxygen atoms in total. The highest BCUT2D eigenvalue weighted by Gasteiger charge is 2.19. The van der Waals surface area contributed by atoms with Crippen molar-refractivity contribution in [1.82, 2.24) is 0 Å². The summed E-state index contributed by atoms with van der Waals surface area (Å²) in [5.74, 6) is 0. The molecule has 0 saturated heterocycles. The molecule has 0 radical (unpaired) electrons. The first-order valence-corrected chi connectivity index (χ1v) is 19.6. The summed E-state index contributed by atoms with van der Waals surface area (Å²) in [7, 11) is 0. The number of hydrogen-bond donors (Lipinski definition) is 0. The standard InChI is InChI=1S/C56H39N/c1-4-16-41(17-5-1)42-31-28-40(29-32-42)30-33-43-36-39-54(49-23-11-10-22-48(43)49)56-52-26-14-12-24-50(52)55(51-25-13-15-27-53(51)56)44-34-37-47(38-35-44)57(45-18-6-2-7-19-45)46-20-8-3-9-21-46/h1-39H/b33-30+. The summed E-state index contributed by atoms with van der Waals surface area (Å²) in [4.78, 5) is 2.31. The molecule has 0 aliphatic carbocycles. The van der Waals surface area contributed by atoms with Crippen LogP contribution >= 0.6 is 0 Å². The van der Waals surface area contributed by atoms with E-state index in [1.54, 1.807) is 0 Å². The molecule has 0 aliphatic heterocycles. The highest BCUT2D eigenvalue weighted by Crippen LogP contribution is 2.46. The fraction of sp³-hybridized carbons (Fsp3) is 0. The van der Waals surface area contributed by atoms with Crippen molar-refractivity contribution in [3.8, 4) is 33.4 Å². The Morgan fingerprint density at radius 1 is 0.263 bits per heavy atom. The zero-order valence-electron chi connectivity index (χ0n) is 31.5. The van der Waals surface area contributed by atoms with Crippen LogP contribution in [0.2, 0.25) is 0 Å². The van der Waals surface area contributed by atoms with E-state index in [1.165, 1.54) is 76.8 Å². The van der Waals surface area contributed by atoms with E-state index in [2.05, 4.69) is 242 Å². The van der Waals surface area contributed by atoms with E-state index in [0.29, 0.717) is 0 Å². The molecule has 10 aromatic carbocycles. The number of anilines is 3. The largest absolute Gasteiger partial charge is 0.311 e. The van der Waals surface area contributed by atoms with Crippen LogP contribution in [0.3, 0.4) is 0 Å². The molecule has 0 amide bonds. The van der Waals surface area contributed by atoms with Crippen LogP contribution < -0.4 is 4.90 Å². The predicted molar refractivity (Wildman–Crippen MR) is 245 cm³/mol. The molecule has 0 aliphatic rings. The molecule has 0 unspecified atom stereocenters. The molecule has 0 saturated carbocycles. The zero-order valence-corrected chi connectivity index (χ0v) is 31.5. The Kier molecular flexibility index (Phi) is 8.95. The lowest BCUT2D eigenvalue weighted by molar-refractivity contribution is 1.28. The first kappa shape index (κ1) is 34.0. The smallest absolute Gasteiger partial charge is 0.0462 e. The number of rotatable bonds is 8. The minimum absolute atomic E-state index is 1.12. The summed E-state index contributed by atoms with van der Waals surface area (Å²) in [6.45, 7) is 0. The minimum atomic E-state index is 1.12. The van der Waals surface area contributed by atoms with Crippen molar-refractivity contribution in [2.24, 2.45) is 0 Å². The molecule has 57 heavy (non-hydrogen) atoms. The monoisotopic (exact) mass is 725 g/mol. The van der Waals surface area contributed by atoms with Gasteiger partial charge in [0, 0.05) is 17.1 Å². The summed E-state index contributed by atoms with van der Waals surface area (Å²) >= 11 is 0. The Balaban J connectivity index is 1.07. The van der Waals surface area contributed by atoms with Gasteiger partial charge in [0.25, 0.3) is 0 Å². The molecular weight excluding hydrogens is 687 g/mol. The Hall–Kier alpha value is -7.48. The highest BCUT2D eigenvalue weighted by atomic mass is 15.1. The van der Waals surface area contributed by atoms with Crippen molar-refractivity contribution in [2.45, 2.75) is 0 Å². The quantitative estimate of drug-likeness (QED) is 0.111. The summed E-state index contributed by atoms with van der Waals surface area (Å²) in [6, 6.07) is 80.9. The number of fused-ring (bicyclic) bond motifs is 3. The number of para-hydroxylation sites is 2. The maximum absolute atomic E-state index is 2.32. The molecule has 10 aromatic rings. The summed E-state index contributed by atoms with van der Waals surface area (Å²) in [5, 5.41) is 7.47. The van der Waals surface area contributed by atoms with Crippen LogP contribution in [0.5, 0.6) is 0 Å². The van der Waals surface area contributed by atoms with Crippen molar-refractivity contribution in [3.63, 3.8) is 0 Å². The van der Waals surface area contributed by atoms with E-state index in [4.69, 9.17) is 0 Å². The highest BCUT2D eigenvalue weighted by molar-refractivity contribution is 6.23. The zero-order chi connectivity index (χ0) is 38.0. The van der Waals surface area contributed by atoms with Gasteiger partial charge < -0.3 is 4.90 Å². The average Bonchev–Trinajstić information content (AvgIpc) is 3.29. The van der Waals surface area contributed by atoms with Crippen molar-refractivity contribution in [3.05, 3.63) is 236 Å². The summed E-state index contributed by atoms with van der Waals surface area (Å²) in [6.07, 6.45) is 4.48. The second kappa shape index (κ2) is 15.0. The van der Waals surface area contributed by atoms with E-state index >= 15 is 0 Å². The van der Waals surface area contributed by atoms with Gasteiger partial charge in [0.2, 0.25) is 0 Å². The third-order valence-electron chi connectivity index (χ3n) is 11.1. The van der Waals surface area contributed by atoms with Crippen LogP contribution in [-0.4, -0.2) is 0 Å². The molecule has 0 atom stereocenters. The fourth-order valence-corrected chi connectivity index (χ4v) is 8.40. The molecule has 10 rings (SSSR count). The van der Waals surface area contributed by atoms with Crippen molar-refractivity contribution in [2.75, 3.05) is 4.90 Å². The third-order valence-corrected chi connectivity index (χ3v) is 11.1. The van der Waals surface area contributed by atoms with E-state index in [0.717, 1.165) is 17.1 Å². The van der Waals surface area contributed by atoms with Crippen molar-refractivity contribution in [1.29, 1.82) is 0 Å². The van der Waals surface area contributed by atoms with Crippen LogP contribution in [0.25, 0.3) is 77.9 Å². The van der Waals surface area contributed by atoms with Gasteiger partial charge in [0.05, 0.1) is 0 Å². The van der Waals surface area contributed by atoms with Gasteiger partial charge in [-0.15, -0.1) is 0 Å². The van der Waals surface area contributed by atoms with Gasteiger partial charge in [0.1, 0.15) is 0 Å². The van der Waals surface area contributed by atoms with Gasteiger partial charge in [0.15, 0.2) is 0 Å². The Morgan fingerprint density at radius 2 is 0.684 bits per heavy atom. The van der Waals surface area contributed by atoms with Gasteiger partial charge in [-0.2, -0.15) is 0 Å². The Labute approximate surface area is 334 Å². The van der Waals surface area contributed by atoms with Gasteiger partial charge in [-0.05, 0) is 113 Å². The molecule has 0 N–H and O–H groups in total. The van der Waals surface area contributed by atoms with Gasteiger partial charge >= 0.3 is 0 Å². The molecule has 0 bridgehead atoms. The molecule has 268 valence electrons. The molecule has 0 spiro atoms. The fourth-order valence-electron chi connectivity index (χ4n) is 8.40. The van der Waals surface area contributed by atoms with Crippen LogP contribution in [0, 0.1) is 0 Å². The lowest BCUT2D eigenvalue weighted by Crippen LogP contribution is -2.09. The minimum Gasteiger partial charge on any atom is -0.311 e. The van der Waals surface area contributed by atoms with E-state index < -0.39 is 0 Å². The third kappa shape index (κ3) is 6.46. The van der Waals surface area contributed by atoms with E-state index in [1.807, 2.05) is 0 Å². The molecule has 1 heteroatoms. The second-order valence-corrected chi connectivity index (χ2v) is 14.5. The van der Waals surface area contributed by atoms with Gasteiger partial charge in [-0.25, -0.2) is 0 Å². The average molecular weight is 726 g/mol. The predicted octanol–water partition coefficient (Wildman–Crippen LogP) is 15.8. The SMILES string of the molecule is C(=C\c1ccc(-c2c3ccccc3c(-c3ccc(N(c4ccccc4)c4ccccc4)cc3)c3ccccc23)c2ccccc12)/c1ccc(-c2ccccc2)cc1. The number of benzene rings is 10. The Morgan fingerprint density at radius 3 is 1.25 bits per heavy atom. The van der Waals surface area contributed by atoms with Crippen LogP contribution in [0.4, 0.5) is 17.1 Å². The van der Waals surface area contributed by atoms with Crippen molar-refractivity contribution < 1.29 is 0 Å². The lowest BCUT2D eigenvalue weighted by Gasteiger charge is -2.26. The summed E-state index contributed by atoms with van der Waals surface area (Å²) in [5.41, 5.74) is 13.2. The lowest BCUT2D eigenvalue weighted by atomic mass is 9.84. The number of nitrogens with zero attached hydrogens (tertiary/aromatic N) is 1. The maximum atomic E-state index is 2.32. The topological polar surface area (TPSA) is 3.24 Å². The molecule has 0 heterocycles. The van der Waals surface area contributed by atoms with Gasteiger partial charge in [-0.3, -0.25) is 0 Å². The van der Waals surface area contributed by atoms with Crippen molar-refractivity contribution >= 4 is 61.5 Å². The molecule has 0 fully saturated rings. The number of hydrogen-bond acceptors (Lipinski definition) is 1. The first-order chi connectivity index (χ1) is 28.3. The van der Waals surface area contributed by atoms with E-state index in [-0.39, 0.29) is 0 Å². The molecule has 0 aromatic heterocycles. The van der Waals surface area contributed by atoms with Crippen LogP contribution in [0.15, 0.2) is 224 Å². The van der Waals surface area contributed by atoms with Gasteiger partial charge in [-0.1, -0.05) is 200 Å². The normalized spacial score (nSPS) is 11.4. The summed E-state index contributed by atoms with van der Waals surface area (Å²) < 4.78 is 0. The molecular formula is C56H39N. The van der Waals surface area contributed by atoms with Crippen LogP contribution in [-0.2, 0) is 0 Å². The Bertz CT molecular complexity index is 2920. The first-order valence-electron chi connectivity index (χ1n) is 19.6. The maximum Gasteiger partial charge on any atom is 0.0462 e.